The molecule has 0 aromatic heterocycles. The number of hydrogen-bond donors (Lipinski definition) is 1. The molecule has 0 saturated carbocycles. The van der Waals surface area contributed by atoms with Crippen molar-refractivity contribution in [2.24, 2.45) is 0 Å². The van der Waals surface area contributed by atoms with Gasteiger partial charge in [0.1, 0.15) is 5.82 Å². The lowest BCUT2D eigenvalue weighted by Gasteiger charge is -2.12. The van der Waals surface area contributed by atoms with E-state index in [2.05, 4.69) is 0 Å². The maximum Gasteiger partial charge on any atom is 0.334 e. The fourth-order valence-corrected chi connectivity index (χ4v) is 3.30. The van der Waals surface area contributed by atoms with Gasteiger partial charge in [-0.15, -0.1) is 0 Å². The monoisotopic (exact) mass is 358 g/mol. The van der Waals surface area contributed by atoms with Crippen molar-refractivity contribution in [2.75, 3.05) is 20.4 Å². The minimum atomic E-state index is -0.437. The van der Waals surface area contributed by atoms with Gasteiger partial charge in [0.2, 0.25) is 5.71 Å². The summed E-state index contributed by atoms with van der Waals surface area (Å²) in [6, 6.07) is 6.40. The average molecular weight is 358 g/mol. The van der Waals surface area contributed by atoms with Crippen LogP contribution in [0.15, 0.2) is 53.1 Å². The predicted octanol–water partition coefficient (Wildman–Crippen LogP) is 3.25. The van der Waals surface area contributed by atoms with E-state index in [1.54, 1.807) is 37.3 Å². The predicted molar refractivity (Wildman–Crippen MR) is 94.3 cm³/mol. The number of rotatable bonds is 5. The number of esters is 1. The molecule has 0 atom stereocenters. The van der Waals surface area contributed by atoms with Crippen molar-refractivity contribution in [2.45, 2.75) is 19.8 Å². The molecule has 5 nitrogen and oxygen atoms in total. The molecular weight excluding hydrogens is 337 g/mol. The highest BCUT2D eigenvalue weighted by Crippen LogP contribution is 2.43. The minimum Gasteiger partial charge on any atom is -0.463 e. The van der Waals surface area contributed by atoms with Crippen LogP contribution in [0.2, 0.25) is 0 Å². The summed E-state index contributed by atoms with van der Waals surface area (Å²) in [7, 11) is 1.49. The van der Waals surface area contributed by atoms with Crippen LogP contribution in [0.25, 0.3) is 5.57 Å². The number of hydroxylamine groups is 1. The topological polar surface area (TPSA) is 58.8 Å². The third-order valence-corrected chi connectivity index (χ3v) is 4.43. The van der Waals surface area contributed by atoms with Gasteiger partial charge in [-0.25, -0.2) is 9.18 Å². The van der Waals surface area contributed by atoms with Crippen LogP contribution in [0.3, 0.4) is 0 Å². The van der Waals surface area contributed by atoms with Crippen LogP contribution in [0.5, 0.6) is 0 Å². The van der Waals surface area contributed by atoms with E-state index in [-0.39, 0.29) is 19.2 Å². The van der Waals surface area contributed by atoms with Crippen molar-refractivity contribution >= 4 is 17.3 Å². The second-order valence-electron chi connectivity index (χ2n) is 6.07. The van der Waals surface area contributed by atoms with Gasteiger partial charge in [0, 0.05) is 41.1 Å². The highest BCUT2D eigenvalue weighted by Gasteiger charge is 2.34. The first kappa shape index (κ1) is 18.1. The molecule has 1 N–H and O–H groups in total. The molecule has 26 heavy (non-hydrogen) atoms. The molecule has 0 spiro atoms. The summed E-state index contributed by atoms with van der Waals surface area (Å²) < 4.78 is 25.6. The molecule has 0 bridgehead atoms. The standard InChI is InChI=1S/C20H21FNO4/c1-3-26-20(23)17-11-13-10-14(22(24)12-25-2)8-9-15(13)19(17)16-6-4-5-7-18(16)21/h4-9,24H,3,10-12H2,1-2H3/q+1. The van der Waals surface area contributed by atoms with Crippen molar-refractivity contribution in [3.05, 3.63) is 64.5 Å². The Kier molecular flexibility index (Phi) is 5.32. The Morgan fingerprint density at radius 1 is 1.27 bits per heavy atom. The summed E-state index contributed by atoms with van der Waals surface area (Å²) in [6.07, 6.45) is 4.38. The first-order chi connectivity index (χ1) is 12.6. The third kappa shape index (κ3) is 3.32. The molecule has 2 aliphatic rings. The fourth-order valence-electron chi connectivity index (χ4n) is 3.30. The van der Waals surface area contributed by atoms with Gasteiger partial charge in [-0.3, -0.25) is 5.21 Å². The Balaban J connectivity index is 2.05. The van der Waals surface area contributed by atoms with Crippen molar-refractivity contribution in [3.8, 4) is 0 Å². The minimum absolute atomic E-state index is 0.0423. The fraction of sp³-hybridized carbons (Fsp3) is 0.300. The van der Waals surface area contributed by atoms with E-state index >= 15 is 0 Å². The smallest absolute Gasteiger partial charge is 0.334 e. The number of methoxy groups -OCH3 is 1. The maximum atomic E-state index is 14.4. The summed E-state index contributed by atoms with van der Waals surface area (Å²) in [4.78, 5) is 12.5. The normalized spacial score (nSPS) is 18.3. The second-order valence-corrected chi connectivity index (χ2v) is 6.07. The highest BCUT2D eigenvalue weighted by atomic mass is 19.1. The Bertz CT molecular complexity index is 864. The van der Waals surface area contributed by atoms with E-state index in [1.165, 1.54) is 13.2 Å². The number of benzene rings is 1. The molecular formula is C20H21FNO4+. The average Bonchev–Trinajstić information content (AvgIpc) is 3.01. The molecule has 0 unspecified atom stereocenters. The van der Waals surface area contributed by atoms with Crippen LogP contribution in [0, 0.1) is 5.82 Å². The zero-order valence-corrected chi connectivity index (χ0v) is 14.8. The zero-order valence-electron chi connectivity index (χ0n) is 14.8. The van der Waals surface area contributed by atoms with Crippen LogP contribution in [-0.4, -0.2) is 42.1 Å². The summed E-state index contributed by atoms with van der Waals surface area (Å²) in [5, 5.41) is 10.0. The van der Waals surface area contributed by atoms with Gasteiger partial charge in [-0.1, -0.05) is 18.2 Å². The van der Waals surface area contributed by atoms with Crippen molar-refractivity contribution < 1.29 is 28.6 Å². The zero-order chi connectivity index (χ0) is 18.7. The molecule has 2 aliphatic carbocycles. The Labute approximate surface area is 151 Å². The first-order valence-electron chi connectivity index (χ1n) is 8.43. The molecule has 0 fully saturated rings. The highest BCUT2D eigenvalue weighted by molar-refractivity contribution is 6.08. The van der Waals surface area contributed by atoms with E-state index in [9.17, 15) is 14.4 Å². The van der Waals surface area contributed by atoms with Crippen molar-refractivity contribution in [1.29, 1.82) is 0 Å². The van der Waals surface area contributed by atoms with Gasteiger partial charge in [-0.2, -0.15) is 0 Å². The quantitative estimate of drug-likeness (QED) is 0.289. The van der Waals surface area contributed by atoms with Crippen LogP contribution >= 0.6 is 0 Å². The van der Waals surface area contributed by atoms with E-state index in [0.29, 0.717) is 35.3 Å². The number of allylic oxidation sites excluding steroid dienone is 5. The van der Waals surface area contributed by atoms with Gasteiger partial charge >= 0.3 is 5.97 Å². The number of ether oxygens (including phenoxy) is 2. The number of carbonyl (C=O) groups is 1. The summed E-state index contributed by atoms with van der Waals surface area (Å²) in [6.45, 7) is 2.04. The molecule has 0 aliphatic heterocycles. The number of hydrogen-bond acceptors (Lipinski definition) is 4. The molecule has 0 saturated heterocycles. The third-order valence-electron chi connectivity index (χ3n) is 4.43. The molecule has 3 rings (SSSR count). The number of nitrogens with zero attached hydrogens (tertiary/aromatic N) is 1. The first-order valence-corrected chi connectivity index (χ1v) is 8.43. The molecule has 0 amide bonds. The van der Waals surface area contributed by atoms with E-state index in [0.717, 1.165) is 15.9 Å². The van der Waals surface area contributed by atoms with Gasteiger partial charge in [0.25, 0.3) is 6.73 Å². The Morgan fingerprint density at radius 2 is 2.04 bits per heavy atom. The van der Waals surface area contributed by atoms with E-state index in [1.807, 2.05) is 0 Å². The van der Waals surface area contributed by atoms with E-state index in [4.69, 9.17) is 9.47 Å². The summed E-state index contributed by atoms with van der Waals surface area (Å²) in [5.74, 6) is -0.822. The van der Waals surface area contributed by atoms with Crippen LogP contribution in [0.1, 0.15) is 25.3 Å². The van der Waals surface area contributed by atoms with Crippen LogP contribution in [-0.2, 0) is 14.3 Å². The molecule has 0 radical (unpaired) electrons. The number of halogens is 1. The lowest BCUT2D eigenvalue weighted by atomic mass is 9.92. The maximum absolute atomic E-state index is 14.4. The Hall–Kier alpha value is -2.73. The van der Waals surface area contributed by atoms with Crippen molar-refractivity contribution in [1.82, 2.24) is 0 Å². The Morgan fingerprint density at radius 3 is 2.73 bits per heavy atom. The SMILES string of the molecule is CCOC(=O)C1=C(c2ccccc2F)C2=C(C1)CC(=[N+](O)COC)C=C2. The van der Waals surface area contributed by atoms with Gasteiger partial charge in [0.15, 0.2) is 0 Å². The largest absolute Gasteiger partial charge is 0.463 e. The van der Waals surface area contributed by atoms with Gasteiger partial charge < -0.3 is 9.47 Å². The number of carbonyl (C=O) groups excluding carboxylic acids is 1. The molecule has 136 valence electrons. The lowest BCUT2D eigenvalue weighted by Crippen LogP contribution is -2.20. The lowest BCUT2D eigenvalue weighted by molar-refractivity contribution is -0.795. The molecule has 1 aromatic carbocycles. The van der Waals surface area contributed by atoms with E-state index < -0.39 is 5.97 Å². The van der Waals surface area contributed by atoms with Crippen LogP contribution < -0.4 is 0 Å². The van der Waals surface area contributed by atoms with Gasteiger partial charge in [0.05, 0.1) is 13.0 Å². The van der Waals surface area contributed by atoms with Gasteiger partial charge in [-0.05, 0) is 30.2 Å². The van der Waals surface area contributed by atoms with Crippen LogP contribution in [0.4, 0.5) is 4.39 Å². The summed E-state index contributed by atoms with van der Waals surface area (Å²) in [5.41, 5.74) is 3.81. The molecule has 0 heterocycles. The molecule has 1 aromatic rings. The van der Waals surface area contributed by atoms with Crippen molar-refractivity contribution in [3.63, 3.8) is 0 Å². The second kappa shape index (κ2) is 7.66. The summed E-state index contributed by atoms with van der Waals surface area (Å²) >= 11 is 0. The molecule has 6 heteroatoms.